The fraction of sp³-hybridized carbons (Fsp3) is 0.643. The number of aromatic nitrogens is 1. The average Bonchev–Trinajstić information content (AvgIpc) is 2.28. The molecule has 1 aromatic rings. The summed E-state index contributed by atoms with van der Waals surface area (Å²) >= 11 is 0. The van der Waals surface area contributed by atoms with Gasteiger partial charge in [0.05, 0.1) is 6.61 Å². The molecular weight excluding hydrogens is 228 g/mol. The Balaban J connectivity index is 2.62. The highest BCUT2D eigenvalue weighted by Gasteiger charge is 2.06. The molecule has 0 saturated heterocycles. The molecule has 0 spiro atoms. The van der Waals surface area contributed by atoms with Crippen molar-refractivity contribution in [2.45, 2.75) is 39.8 Å². The van der Waals surface area contributed by atoms with E-state index in [0.29, 0.717) is 12.5 Å². The summed E-state index contributed by atoms with van der Waals surface area (Å²) in [6.07, 6.45) is 1.15. The van der Waals surface area contributed by atoms with Crippen LogP contribution in [0.1, 0.15) is 31.5 Å². The summed E-state index contributed by atoms with van der Waals surface area (Å²) in [6, 6.07) is 4.07. The SMILES string of the molecule is CCCNCc1cc(C)nc(OC(C)COC)c1. The topological polar surface area (TPSA) is 43.4 Å². The molecule has 0 saturated carbocycles. The first-order valence-corrected chi connectivity index (χ1v) is 6.49. The van der Waals surface area contributed by atoms with Gasteiger partial charge >= 0.3 is 0 Å². The van der Waals surface area contributed by atoms with Crippen molar-refractivity contribution in [2.75, 3.05) is 20.3 Å². The van der Waals surface area contributed by atoms with Gasteiger partial charge in [-0.05, 0) is 38.4 Å². The molecule has 1 heterocycles. The fourth-order valence-corrected chi connectivity index (χ4v) is 1.75. The number of nitrogens with one attached hydrogen (secondary N) is 1. The molecule has 0 aliphatic carbocycles. The lowest BCUT2D eigenvalue weighted by molar-refractivity contribution is 0.0888. The number of ether oxygens (including phenoxy) is 2. The highest BCUT2D eigenvalue weighted by Crippen LogP contribution is 2.14. The van der Waals surface area contributed by atoms with Gasteiger partial charge in [0.1, 0.15) is 6.10 Å². The number of hydrogen-bond donors (Lipinski definition) is 1. The van der Waals surface area contributed by atoms with Gasteiger partial charge in [-0.25, -0.2) is 4.98 Å². The molecule has 1 unspecified atom stereocenters. The van der Waals surface area contributed by atoms with E-state index in [1.807, 2.05) is 19.9 Å². The number of pyridine rings is 1. The Morgan fingerprint density at radius 2 is 2.17 bits per heavy atom. The van der Waals surface area contributed by atoms with Crippen LogP contribution in [0.25, 0.3) is 0 Å². The summed E-state index contributed by atoms with van der Waals surface area (Å²) < 4.78 is 10.8. The highest BCUT2D eigenvalue weighted by atomic mass is 16.5. The molecular formula is C14H24N2O2. The molecule has 18 heavy (non-hydrogen) atoms. The fourth-order valence-electron chi connectivity index (χ4n) is 1.75. The molecule has 102 valence electrons. The van der Waals surface area contributed by atoms with Gasteiger partial charge in [-0.1, -0.05) is 6.92 Å². The van der Waals surface area contributed by atoms with Crippen LogP contribution in [0.4, 0.5) is 0 Å². The van der Waals surface area contributed by atoms with Crippen LogP contribution >= 0.6 is 0 Å². The van der Waals surface area contributed by atoms with E-state index in [4.69, 9.17) is 9.47 Å². The van der Waals surface area contributed by atoms with Gasteiger partial charge < -0.3 is 14.8 Å². The molecule has 0 aliphatic heterocycles. The minimum atomic E-state index is 0.0146. The van der Waals surface area contributed by atoms with Crippen LogP contribution < -0.4 is 10.1 Å². The minimum Gasteiger partial charge on any atom is -0.472 e. The third-order valence-corrected chi connectivity index (χ3v) is 2.47. The van der Waals surface area contributed by atoms with Gasteiger partial charge in [-0.15, -0.1) is 0 Å². The van der Waals surface area contributed by atoms with Gasteiger partial charge in [0, 0.05) is 25.4 Å². The van der Waals surface area contributed by atoms with Crippen LogP contribution in [0.5, 0.6) is 5.88 Å². The van der Waals surface area contributed by atoms with Crippen LogP contribution in [-0.2, 0) is 11.3 Å². The Morgan fingerprint density at radius 1 is 1.39 bits per heavy atom. The smallest absolute Gasteiger partial charge is 0.214 e. The maximum atomic E-state index is 5.72. The van der Waals surface area contributed by atoms with Crippen LogP contribution in [0.15, 0.2) is 12.1 Å². The van der Waals surface area contributed by atoms with Crippen LogP contribution in [-0.4, -0.2) is 31.3 Å². The predicted molar refractivity (Wildman–Crippen MR) is 72.9 cm³/mol. The molecule has 0 bridgehead atoms. The molecule has 4 nitrogen and oxygen atoms in total. The number of rotatable bonds is 8. The summed E-state index contributed by atoms with van der Waals surface area (Å²) in [5.74, 6) is 0.674. The molecule has 1 N–H and O–H groups in total. The van der Waals surface area contributed by atoms with Crippen molar-refractivity contribution in [3.63, 3.8) is 0 Å². The second-order valence-corrected chi connectivity index (χ2v) is 4.52. The van der Waals surface area contributed by atoms with Crippen molar-refractivity contribution < 1.29 is 9.47 Å². The monoisotopic (exact) mass is 252 g/mol. The average molecular weight is 252 g/mol. The highest BCUT2D eigenvalue weighted by molar-refractivity contribution is 5.24. The van der Waals surface area contributed by atoms with Gasteiger partial charge in [0.15, 0.2) is 0 Å². The molecule has 0 aromatic carbocycles. The van der Waals surface area contributed by atoms with Crippen molar-refractivity contribution >= 4 is 0 Å². The van der Waals surface area contributed by atoms with E-state index in [1.54, 1.807) is 7.11 Å². The predicted octanol–water partition coefficient (Wildman–Crippen LogP) is 2.30. The third-order valence-electron chi connectivity index (χ3n) is 2.47. The lowest BCUT2D eigenvalue weighted by Gasteiger charge is -2.14. The Morgan fingerprint density at radius 3 is 2.83 bits per heavy atom. The lowest BCUT2D eigenvalue weighted by Crippen LogP contribution is -2.19. The zero-order valence-corrected chi connectivity index (χ0v) is 11.8. The summed E-state index contributed by atoms with van der Waals surface area (Å²) in [7, 11) is 1.67. The lowest BCUT2D eigenvalue weighted by atomic mass is 10.2. The van der Waals surface area contributed by atoms with Crippen molar-refractivity contribution in [1.82, 2.24) is 10.3 Å². The van der Waals surface area contributed by atoms with Gasteiger partial charge in [0.25, 0.3) is 0 Å². The second kappa shape index (κ2) is 8.06. The third kappa shape index (κ3) is 5.47. The van der Waals surface area contributed by atoms with Crippen LogP contribution in [0.2, 0.25) is 0 Å². The van der Waals surface area contributed by atoms with E-state index in [1.165, 1.54) is 5.56 Å². The van der Waals surface area contributed by atoms with Crippen molar-refractivity contribution in [1.29, 1.82) is 0 Å². The second-order valence-electron chi connectivity index (χ2n) is 4.52. The zero-order chi connectivity index (χ0) is 13.4. The quantitative estimate of drug-likeness (QED) is 0.721. The van der Waals surface area contributed by atoms with Gasteiger partial charge in [0.2, 0.25) is 5.88 Å². The summed E-state index contributed by atoms with van der Waals surface area (Å²) in [5, 5.41) is 3.38. The van der Waals surface area contributed by atoms with E-state index in [9.17, 15) is 0 Å². The number of aryl methyl sites for hydroxylation is 1. The van der Waals surface area contributed by atoms with Crippen molar-refractivity contribution in [2.24, 2.45) is 0 Å². The van der Waals surface area contributed by atoms with E-state index in [2.05, 4.69) is 23.3 Å². The zero-order valence-electron chi connectivity index (χ0n) is 11.8. The van der Waals surface area contributed by atoms with Crippen LogP contribution in [0.3, 0.4) is 0 Å². The number of nitrogens with zero attached hydrogens (tertiary/aromatic N) is 1. The van der Waals surface area contributed by atoms with E-state index in [0.717, 1.165) is 25.2 Å². The molecule has 0 amide bonds. The van der Waals surface area contributed by atoms with E-state index in [-0.39, 0.29) is 6.10 Å². The molecule has 1 atom stereocenters. The normalized spacial score (nSPS) is 12.4. The van der Waals surface area contributed by atoms with Crippen molar-refractivity contribution in [3.8, 4) is 5.88 Å². The first-order chi connectivity index (χ1) is 8.65. The van der Waals surface area contributed by atoms with Crippen molar-refractivity contribution in [3.05, 3.63) is 23.4 Å². The minimum absolute atomic E-state index is 0.0146. The first-order valence-electron chi connectivity index (χ1n) is 6.49. The Kier molecular flexibility index (Phi) is 6.68. The Labute approximate surface area is 110 Å². The molecule has 0 fully saturated rings. The molecule has 1 rings (SSSR count). The Hall–Kier alpha value is -1.13. The molecule has 4 heteroatoms. The van der Waals surface area contributed by atoms with E-state index >= 15 is 0 Å². The maximum Gasteiger partial charge on any atom is 0.214 e. The largest absolute Gasteiger partial charge is 0.472 e. The summed E-state index contributed by atoms with van der Waals surface area (Å²) in [6.45, 7) is 8.56. The number of methoxy groups -OCH3 is 1. The van der Waals surface area contributed by atoms with E-state index < -0.39 is 0 Å². The maximum absolute atomic E-state index is 5.72. The summed E-state index contributed by atoms with van der Waals surface area (Å²) in [5.41, 5.74) is 2.18. The molecule has 0 aliphatic rings. The van der Waals surface area contributed by atoms with Crippen LogP contribution in [0, 0.1) is 6.92 Å². The number of hydrogen-bond acceptors (Lipinski definition) is 4. The first kappa shape index (κ1) is 14.9. The van der Waals surface area contributed by atoms with Gasteiger partial charge in [-0.2, -0.15) is 0 Å². The molecule has 1 aromatic heterocycles. The standard InChI is InChI=1S/C14H24N2O2/c1-5-6-15-9-13-7-11(2)16-14(8-13)18-12(3)10-17-4/h7-8,12,15H,5-6,9-10H2,1-4H3. The van der Waals surface area contributed by atoms with Gasteiger partial charge in [-0.3, -0.25) is 0 Å². The Bertz CT molecular complexity index is 356. The summed E-state index contributed by atoms with van der Waals surface area (Å²) in [4.78, 5) is 4.38. The molecule has 0 radical (unpaired) electrons.